The summed E-state index contributed by atoms with van der Waals surface area (Å²) in [5, 5.41) is 3.04. The summed E-state index contributed by atoms with van der Waals surface area (Å²) in [5.74, 6) is 0.679. The van der Waals surface area contributed by atoms with E-state index in [0.717, 1.165) is 17.1 Å². The van der Waals surface area contributed by atoms with E-state index in [9.17, 15) is 4.79 Å². The number of amides is 1. The normalized spacial score (nSPS) is 17.9. The van der Waals surface area contributed by atoms with Crippen LogP contribution in [0.2, 0.25) is 0 Å². The average Bonchev–Trinajstić information content (AvgIpc) is 2.84. The summed E-state index contributed by atoms with van der Waals surface area (Å²) in [6.07, 6.45) is 7.22. The van der Waals surface area contributed by atoms with Gasteiger partial charge < -0.3 is 10.6 Å². The van der Waals surface area contributed by atoms with Crippen LogP contribution in [0.4, 0.5) is 0 Å². The van der Waals surface area contributed by atoms with Crippen molar-refractivity contribution in [2.24, 2.45) is 11.7 Å². The lowest BCUT2D eigenvalue weighted by molar-refractivity contribution is -0.132. The van der Waals surface area contributed by atoms with E-state index in [1.54, 1.807) is 16.2 Å². The van der Waals surface area contributed by atoms with Gasteiger partial charge in [0.05, 0.1) is 23.3 Å². The Hall–Kier alpha value is -0.940. The van der Waals surface area contributed by atoms with Crippen LogP contribution in [0.15, 0.2) is 5.38 Å². The van der Waals surface area contributed by atoms with Gasteiger partial charge in [-0.2, -0.15) is 0 Å². The number of carbonyl (C=O) groups excluding carboxylic acids is 1. The molecule has 4 nitrogen and oxygen atoms in total. The van der Waals surface area contributed by atoms with Gasteiger partial charge in [-0.3, -0.25) is 4.79 Å². The molecule has 0 aromatic carbocycles. The number of nitrogens with two attached hydrogens (primary N) is 1. The van der Waals surface area contributed by atoms with E-state index in [-0.39, 0.29) is 11.9 Å². The smallest absolute Gasteiger partial charge is 0.239 e. The van der Waals surface area contributed by atoms with E-state index in [1.165, 1.54) is 32.1 Å². The molecule has 0 spiro atoms. The molecular formula is C15H25N3OS. The molecule has 2 rings (SSSR count). The number of aromatic nitrogens is 1. The number of hydrogen-bond acceptors (Lipinski definition) is 4. The average molecular weight is 295 g/mol. The minimum absolute atomic E-state index is 0.0428. The van der Waals surface area contributed by atoms with E-state index in [4.69, 9.17) is 5.73 Å². The Morgan fingerprint density at radius 3 is 2.80 bits per heavy atom. The highest BCUT2D eigenvalue weighted by molar-refractivity contribution is 7.09. The fourth-order valence-corrected chi connectivity index (χ4v) is 3.57. The molecular weight excluding hydrogens is 270 g/mol. The first kappa shape index (κ1) is 15.4. The number of thiazole rings is 1. The van der Waals surface area contributed by atoms with E-state index in [2.05, 4.69) is 4.98 Å². The molecule has 20 heavy (non-hydrogen) atoms. The van der Waals surface area contributed by atoms with E-state index >= 15 is 0 Å². The summed E-state index contributed by atoms with van der Waals surface area (Å²) < 4.78 is 0. The van der Waals surface area contributed by atoms with Crippen molar-refractivity contribution in [3.8, 4) is 0 Å². The van der Waals surface area contributed by atoms with Crippen LogP contribution >= 0.6 is 11.3 Å². The maximum atomic E-state index is 12.3. The van der Waals surface area contributed by atoms with Gasteiger partial charge in [0.2, 0.25) is 5.91 Å². The summed E-state index contributed by atoms with van der Waals surface area (Å²) in [6.45, 7) is 2.53. The highest BCUT2D eigenvalue weighted by Gasteiger charge is 2.23. The molecule has 1 aliphatic carbocycles. The van der Waals surface area contributed by atoms with Gasteiger partial charge in [-0.05, 0) is 19.3 Å². The fourth-order valence-electron chi connectivity index (χ4n) is 2.97. The summed E-state index contributed by atoms with van der Waals surface area (Å²) in [7, 11) is 1.82. The van der Waals surface area contributed by atoms with Crippen LogP contribution in [0.25, 0.3) is 0 Å². The minimum atomic E-state index is -0.358. The van der Waals surface area contributed by atoms with E-state index in [1.807, 2.05) is 19.4 Å². The molecule has 1 heterocycles. The SMILES string of the molecule is Cc1nc(CN(C)C(=O)C(N)CC2CCCCC2)cs1. The number of carbonyl (C=O) groups is 1. The Morgan fingerprint density at radius 2 is 2.20 bits per heavy atom. The number of hydrogen-bond donors (Lipinski definition) is 1. The molecule has 0 radical (unpaired) electrons. The second kappa shape index (κ2) is 7.18. The Bertz CT molecular complexity index is 440. The summed E-state index contributed by atoms with van der Waals surface area (Å²) in [4.78, 5) is 18.4. The first-order valence-electron chi connectivity index (χ1n) is 7.48. The molecule has 1 aliphatic rings. The predicted molar refractivity (Wildman–Crippen MR) is 82.5 cm³/mol. The maximum absolute atomic E-state index is 12.3. The molecule has 1 aromatic heterocycles. The predicted octanol–water partition coefficient (Wildman–Crippen LogP) is 2.71. The highest BCUT2D eigenvalue weighted by Crippen LogP contribution is 2.27. The zero-order valence-corrected chi connectivity index (χ0v) is 13.3. The van der Waals surface area contributed by atoms with Gasteiger partial charge in [0.25, 0.3) is 0 Å². The number of nitrogens with zero attached hydrogens (tertiary/aromatic N) is 2. The van der Waals surface area contributed by atoms with E-state index in [0.29, 0.717) is 12.5 Å². The van der Waals surface area contributed by atoms with Crippen LogP contribution in [0, 0.1) is 12.8 Å². The molecule has 2 N–H and O–H groups in total. The van der Waals surface area contributed by atoms with Crippen molar-refractivity contribution in [1.82, 2.24) is 9.88 Å². The third-order valence-electron chi connectivity index (χ3n) is 4.07. The molecule has 1 saturated carbocycles. The number of rotatable bonds is 5. The van der Waals surface area contributed by atoms with Crippen molar-refractivity contribution < 1.29 is 4.79 Å². The molecule has 5 heteroatoms. The summed E-state index contributed by atoms with van der Waals surface area (Å²) >= 11 is 1.61. The lowest BCUT2D eigenvalue weighted by Crippen LogP contribution is -2.42. The van der Waals surface area contributed by atoms with Gasteiger partial charge in [0.1, 0.15) is 0 Å². The Morgan fingerprint density at radius 1 is 1.50 bits per heavy atom. The van der Waals surface area contributed by atoms with Crippen LogP contribution in [0.3, 0.4) is 0 Å². The number of aryl methyl sites for hydroxylation is 1. The molecule has 0 bridgehead atoms. The van der Waals surface area contributed by atoms with Crippen molar-refractivity contribution >= 4 is 17.2 Å². The van der Waals surface area contributed by atoms with Crippen molar-refractivity contribution in [2.45, 2.75) is 58.0 Å². The van der Waals surface area contributed by atoms with Gasteiger partial charge in [0, 0.05) is 12.4 Å². The molecule has 112 valence electrons. The monoisotopic (exact) mass is 295 g/mol. The first-order chi connectivity index (χ1) is 9.56. The topological polar surface area (TPSA) is 59.2 Å². The van der Waals surface area contributed by atoms with Gasteiger partial charge in [0.15, 0.2) is 0 Å². The van der Waals surface area contributed by atoms with Gasteiger partial charge in [-0.25, -0.2) is 4.98 Å². The van der Waals surface area contributed by atoms with E-state index < -0.39 is 0 Å². The molecule has 1 amide bonds. The summed E-state index contributed by atoms with van der Waals surface area (Å²) in [6, 6.07) is -0.358. The van der Waals surface area contributed by atoms with Crippen molar-refractivity contribution in [1.29, 1.82) is 0 Å². The molecule has 1 aromatic rings. The lowest BCUT2D eigenvalue weighted by atomic mass is 9.85. The second-order valence-corrected chi connectivity index (χ2v) is 6.96. The standard InChI is InChI=1S/C15H25N3OS/c1-11-17-13(10-20-11)9-18(2)15(19)14(16)8-12-6-4-3-5-7-12/h10,12,14H,3-9,16H2,1-2H3. The zero-order chi connectivity index (χ0) is 14.5. The zero-order valence-electron chi connectivity index (χ0n) is 12.5. The third kappa shape index (κ3) is 4.28. The van der Waals surface area contributed by atoms with Crippen molar-refractivity contribution in [3.63, 3.8) is 0 Å². The quantitative estimate of drug-likeness (QED) is 0.908. The van der Waals surface area contributed by atoms with Crippen LogP contribution in [0.1, 0.15) is 49.2 Å². The third-order valence-corrected chi connectivity index (χ3v) is 4.89. The van der Waals surface area contributed by atoms with Crippen molar-refractivity contribution in [3.05, 3.63) is 16.1 Å². The Balaban J connectivity index is 1.82. The largest absolute Gasteiger partial charge is 0.338 e. The summed E-state index contributed by atoms with van der Waals surface area (Å²) in [5.41, 5.74) is 7.05. The van der Waals surface area contributed by atoms with Crippen LogP contribution in [-0.4, -0.2) is 28.9 Å². The molecule has 1 atom stereocenters. The molecule has 1 unspecified atom stereocenters. The van der Waals surface area contributed by atoms with Gasteiger partial charge in [-0.1, -0.05) is 32.1 Å². The Labute approximate surface area is 125 Å². The van der Waals surface area contributed by atoms with Crippen LogP contribution in [-0.2, 0) is 11.3 Å². The Kier molecular flexibility index (Phi) is 5.54. The van der Waals surface area contributed by atoms with Gasteiger partial charge in [-0.15, -0.1) is 11.3 Å². The maximum Gasteiger partial charge on any atom is 0.239 e. The highest BCUT2D eigenvalue weighted by atomic mass is 32.1. The first-order valence-corrected chi connectivity index (χ1v) is 8.36. The molecule has 0 saturated heterocycles. The van der Waals surface area contributed by atoms with Gasteiger partial charge >= 0.3 is 0 Å². The van der Waals surface area contributed by atoms with Crippen molar-refractivity contribution in [2.75, 3.05) is 7.05 Å². The second-order valence-electron chi connectivity index (χ2n) is 5.90. The fraction of sp³-hybridized carbons (Fsp3) is 0.733. The van der Waals surface area contributed by atoms with Crippen LogP contribution < -0.4 is 5.73 Å². The minimum Gasteiger partial charge on any atom is -0.338 e. The van der Waals surface area contributed by atoms with Crippen LogP contribution in [0.5, 0.6) is 0 Å². The lowest BCUT2D eigenvalue weighted by Gasteiger charge is -2.26. The molecule has 0 aliphatic heterocycles. The number of likely N-dealkylation sites (N-methyl/N-ethyl adjacent to an activating group) is 1. The molecule has 1 fully saturated rings.